The topological polar surface area (TPSA) is 63.8 Å². The van der Waals surface area contributed by atoms with Gasteiger partial charge in [-0.05, 0) is 111 Å². The number of rotatable bonds is 7. The minimum absolute atomic E-state index is 0.0461. The molecule has 0 unspecified atom stereocenters. The first-order valence-electron chi connectivity index (χ1n) is 22.0. The summed E-state index contributed by atoms with van der Waals surface area (Å²) >= 11 is 0. The van der Waals surface area contributed by atoms with Gasteiger partial charge in [0, 0.05) is 56.7 Å². The highest BCUT2D eigenvalue weighted by atomic mass is 16.3. The van der Waals surface area contributed by atoms with Crippen LogP contribution in [0.1, 0.15) is 52.7 Å². The Morgan fingerprint density at radius 3 is 1.75 bits per heavy atom. The Bertz CT molecular complexity index is 3340. The van der Waals surface area contributed by atoms with Crippen molar-refractivity contribution in [2.75, 3.05) is 0 Å². The second-order valence-corrected chi connectivity index (χ2v) is 18.8. The molecule has 6 aromatic carbocycles. The summed E-state index contributed by atoms with van der Waals surface area (Å²) in [6, 6.07) is 61.4. The molecule has 0 atom stereocenters. The Morgan fingerprint density at radius 1 is 0.406 bits per heavy atom. The molecule has 4 aromatic heterocycles. The molecule has 10 aromatic rings. The SMILES string of the molecule is CC(C)(C)c1cc(-c2cc(-c3cccc(-c4cc(-c5cccc6c7ccccc7n(-c7cccc(-c8ccccn8)c7)c56)ccn4)c3)nc(-c3ccccc3O)c2)cc(C(C)(C)C)c1. The molecular formula is C59H50N4O. The summed E-state index contributed by atoms with van der Waals surface area (Å²) < 4.78 is 2.38. The van der Waals surface area contributed by atoms with E-state index in [1.54, 1.807) is 6.07 Å². The Balaban J connectivity index is 1.10. The van der Waals surface area contributed by atoms with Crippen LogP contribution in [-0.2, 0) is 10.8 Å². The molecule has 5 nitrogen and oxygen atoms in total. The molecule has 1 N–H and O–H groups in total. The van der Waals surface area contributed by atoms with E-state index in [0.29, 0.717) is 11.3 Å². The molecule has 0 radical (unpaired) electrons. The summed E-state index contributed by atoms with van der Waals surface area (Å²) in [6.07, 6.45) is 3.75. The minimum Gasteiger partial charge on any atom is -0.507 e. The van der Waals surface area contributed by atoms with Crippen LogP contribution in [0, 0.1) is 0 Å². The summed E-state index contributed by atoms with van der Waals surface area (Å²) in [7, 11) is 0. The van der Waals surface area contributed by atoms with Crippen LogP contribution in [0.15, 0.2) is 188 Å². The molecule has 4 heterocycles. The lowest BCUT2D eigenvalue weighted by Gasteiger charge is -2.26. The number of aromatic hydroxyl groups is 1. The second-order valence-electron chi connectivity index (χ2n) is 18.8. The highest BCUT2D eigenvalue weighted by molar-refractivity contribution is 6.14. The van der Waals surface area contributed by atoms with Gasteiger partial charge in [0.05, 0.1) is 33.8 Å². The van der Waals surface area contributed by atoms with E-state index in [-0.39, 0.29) is 16.6 Å². The van der Waals surface area contributed by atoms with Crippen LogP contribution >= 0.6 is 0 Å². The molecule has 0 spiro atoms. The normalized spacial score (nSPS) is 12.0. The molecule has 312 valence electrons. The van der Waals surface area contributed by atoms with Crippen molar-refractivity contribution in [3.05, 3.63) is 199 Å². The van der Waals surface area contributed by atoms with E-state index in [4.69, 9.17) is 9.97 Å². The van der Waals surface area contributed by atoms with E-state index in [1.807, 2.05) is 42.7 Å². The smallest absolute Gasteiger partial charge is 0.124 e. The van der Waals surface area contributed by atoms with Crippen molar-refractivity contribution in [3.63, 3.8) is 0 Å². The zero-order valence-electron chi connectivity index (χ0n) is 37.1. The molecule has 0 aliphatic carbocycles. The third-order valence-corrected chi connectivity index (χ3v) is 12.3. The average molecular weight is 831 g/mol. The van der Waals surface area contributed by atoms with Crippen LogP contribution in [0.3, 0.4) is 0 Å². The minimum atomic E-state index is -0.0461. The van der Waals surface area contributed by atoms with E-state index < -0.39 is 0 Å². The van der Waals surface area contributed by atoms with Crippen LogP contribution in [0.4, 0.5) is 0 Å². The van der Waals surface area contributed by atoms with Crippen molar-refractivity contribution in [2.24, 2.45) is 0 Å². The van der Waals surface area contributed by atoms with Crippen LogP contribution in [0.2, 0.25) is 0 Å². The zero-order valence-corrected chi connectivity index (χ0v) is 37.1. The maximum Gasteiger partial charge on any atom is 0.124 e. The largest absolute Gasteiger partial charge is 0.507 e. The quantitative estimate of drug-likeness (QED) is 0.174. The fourth-order valence-corrected chi connectivity index (χ4v) is 8.78. The molecule has 0 bridgehead atoms. The molecule has 0 fully saturated rings. The van der Waals surface area contributed by atoms with Gasteiger partial charge in [-0.3, -0.25) is 9.97 Å². The summed E-state index contributed by atoms with van der Waals surface area (Å²) in [6.45, 7) is 13.6. The Kier molecular flexibility index (Phi) is 10.1. The van der Waals surface area contributed by atoms with Gasteiger partial charge >= 0.3 is 0 Å². The number of aromatic nitrogens is 4. The fraction of sp³-hybridized carbons (Fsp3) is 0.136. The predicted octanol–water partition coefficient (Wildman–Crippen LogP) is 15.3. The van der Waals surface area contributed by atoms with Crippen molar-refractivity contribution in [1.29, 1.82) is 0 Å². The van der Waals surface area contributed by atoms with Crippen molar-refractivity contribution < 1.29 is 5.11 Å². The molecule has 0 aliphatic heterocycles. The Morgan fingerprint density at radius 2 is 1.00 bits per heavy atom. The molecule has 0 amide bonds. The van der Waals surface area contributed by atoms with Gasteiger partial charge in [-0.2, -0.15) is 0 Å². The lowest BCUT2D eigenvalue weighted by atomic mass is 9.79. The lowest BCUT2D eigenvalue weighted by molar-refractivity contribution is 0.477. The molecule has 0 aliphatic rings. The van der Waals surface area contributed by atoms with E-state index in [0.717, 1.165) is 72.7 Å². The predicted molar refractivity (Wildman–Crippen MR) is 266 cm³/mol. The van der Waals surface area contributed by atoms with Crippen molar-refractivity contribution in [1.82, 2.24) is 19.5 Å². The van der Waals surface area contributed by atoms with E-state index >= 15 is 0 Å². The number of hydrogen-bond acceptors (Lipinski definition) is 4. The van der Waals surface area contributed by atoms with Gasteiger partial charge in [-0.1, -0.05) is 145 Å². The Labute approximate surface area is 375 Å². The second kappa shape index (κ2) is 15.9. The summed E-state index contributed by atoms with van der Waals surface area (Å²) in [5.41, 5.74) is 17.2. The fourth-order valence-electron chi connectivity index (χ4n) is 8.78. The first kappa shape index (κ1) is 40.4. The summed E-state index contributed by atoms with van der Waals surface area (Å²) in [5.74, 6) is 0.196. The molecule has 5 heteroatoms. The van der Waals surface area contributed by atoms with Gasteiger partial charge in [0.2, 0.25) is 0 Å². The molecule has 64 heavy (non-hydrogen) atoms. The van der Waals surface area contributed by atoms with Gasteiger partial charge in [0.1, 0.15) is 5.75 Å². The molecule has 0 saturated carbocycles. The number of hydrogen-bond donors (Lipinski definition) is 1. The highest BCUT2D eigenvalue weighted by Gasteiger charge is 2.23. The van der Waals surface area contributed by atoms with Gasteiger partial charge in [0.15, 0.2) is 0 Å². The van der Waals surface area contributed by atoms with Crippen molar-refractivity contribution in [2.45, 2.75) is 52.4 Å². The first-order valence-corrected chi connectivity index (χ1v) is 22.0. The monoisotopic (exact) mass is 830 g/mol. The number of phenolic OH excluding ortho intramolecular Hbond substituents is 1. The zero-order chi connectivity index (χ0) is 44.2. The van der Waals surface area contributed by atoms with E-state index in [1.165, 1.54) is 21.9 Å². The number of para-hydroxylation sites is 3. The van der Waals surface area contributed by atoms with Gasteiger partial charge in [0.25, 0.3) is 0 Å². The summed E-state index contributed by atoms with van der Waals surface area (Å²) in [5, 5.41) is 13.5. The average Bonchev–Trinajstić information content (AvgIpc) is 3.66. The molecular weight excluding hydrogens is 781 g/mol. The third-order valence-electron chi connectivity index (χ3n) is 12.3. The first-order chi connectivity index (χ1) is 30.9. The third kappa shape index (κ3) is 7.64. The standard InChI is InChI=1S/C59H50N4O/c1-58(2,3)44-31-42(32-45(37-44)59(4,5)6)43-35-53(62-54(36-43)50-21-8-10-26-56(50)64)40-17-13-16-39(30-40)52-34-38(27-29-61-52)47-22-15-23-49-48-20-7-9-25-55(48)63(57(47)49)46-19-14-18-41(33-46)51-24-11-12-28-60-51/h7-37,64H,1-6H3. The van der Waals surface area contributed by atoms with Crippen LogP contribution in [0.25, 0.3) is 94.8 Å². The maximum atomic E-state index is 11.1. The van der Waals surface area contributed by atoms with Gasteiger partial charge < -0.3 is 9.67 Å². The highest BCUT2D eigenvalue weighted by Crippen LogP contribution is 2.41. The van der Waals surface area contributed by atoms with Crippen LogP contribution in [-0.4, -0.2) is 24.6 Å². The van der Waals surface area contributed by atoms with Gasteiger partial charge in [-0.15, -0.1) is 0 Å². The van der Waals surface area contributed by atoms with Crippen LogP contribution < -0.4 is 0 Å². The molecule has 0 saturated heterocycles. The Hall–Kier alpha value is -7.63. The summed E-state index contributed by atoms with van der Waals surface area (Å²) in [4.78, 5) is 14.8. The number of benzene rings is 6. The number of nitrogens with zero attached hydrogens (tertiary/aromatic N) is 4. The van der Waals surface area contributed by atoms with Crippen molar-refractivity contribution in [3.8, 4) is 78.7 Å². The van der Waals surface area contributed by atoms with E-state index in [2.05, 4.69) is 191 Å². The van der Waals surface area contributed by atoms with Crippen LogP contribution in [0.5, 0.6) is 5.75 Å². The van der Waals surface area contributed by atoms with Gasteiger partial charge in [-0.25, -0.2) is 4.98 Å². The number of fused-ring (bicyclic) bond motifs is 3. The van der Waals surface area contributed by atoms with E-state index in [9.17, 15) is 5.11 Å². The number of phenols is 1. The molecule has 10 rings (SSSR count). The maximum absolute atomic E-state index is 11.1. The van der Waals surface area contributed by atoms with Crippen molar-refractivity contribution >= 4 is 21.8 Å². The number of pyridine rings is 3. The lowest BCUT2D eigenvalue weighted by Crippen LogP contribution is -2.16.